The molecule has 0 spiro atoms. The van der Waals surface area contributed by atoms with Crippen molar-refractivity contribution in [2.24, 2.45) is 7.05 Å². The summed E-state index contributed by atoms with van der Waals surface area (Å²) < 4.78 is 7.48. The number of fused-ring (bicyclic) bond motifs is 1. The first kappa shape index (κ1) is 24.3. The Hall–Kier alpha value is -2.87. The minimum absolute atomic E-state index is 0.116. The number of piperidine rings is 1. The van der Waals surface area contributed by atoms with E-state index < -0.39 is 6.10 Å². The average molecular weight is 484 g/mol. The van der Waals surface area contributed by atoms with Gasteiger partial charge in [0.05, 0.1) is 11.7 Å². The summed E-state index contributed by atoms with van der Waals surface area (Å²) in [4.78, 5) is 27.3. The fourth-order valence-electron chi connectivity index (χ4n) is 4.31. The first-order valence-electron chi connectivity index (χ1n) is 11.5. The van der Waals surface area contributed by atoms with E-state index in [2.05, 4.69) is 10.2 Å². The summed E-state index contributed by atoms with van der Waals surface area (Å²) in [5.41, 5.74) is 1.29. The Kier molecular flexibility index (Phi) is 7.56. The van der Waals surface area contributed by atoms with Crippen molar-refractivity contribution in [3.05, 3.63) is 75.2 Å². The quantitative estimate of drug-likeness (QED) is 0.539. The van der Waals surface area contributed by atoms with E-state index in [-0.39, 0.29) is 24.1 Å². The molecule has 1 aliphatic heterocycles. The number of likely N-dealkylation sites (tertiary alicyclic amines) is 1. The average Bonchev–Trinajstić information content (AvgIpc) is 2.83. The van der Waals surface area contributed by atoms with Crippen LogP contribution in [0.4, 0.5) is 0 Å². The Morgan fingerprint density at radius 2 is 1.91 bits per heavy atom. The lowest BCUT2D eigenvalue weighted by molar-refractivity contribution is 0.0594. The van der Waals surface area contributed by atoms with Gasteiger partial charge >= 0.3 is 0 Å². The molecule has 34 heavy (non-hydrogen) atoms. The Morgan fingerprint density at radius 3 is 2.62 bits per heavy atom. The van der Waals surface area contributed by atoms with Gasteiger partial charge in [-0.3, -0.25) is 9.59 Å². The molecule has 180 valence electrons. The molecule has 3 aromatic rings. The molecule has 2 heterocycles. The van der Waals surface area contributed by atoms with Gasteiger partial charge in [0.1, 0.15) is 11.9 Å². The summed E-state index contributed by atoms with van der Waals surface area (Å²) in [5.74, 6) is 0.470. The number of aryl methyl sites for hydroxylation is 2. The summed E-state index contributed by atoms with van der Waals surface area (Å²) in [7, 11) is 1.63. The van der Waals surface area contributed by atoms with Crippen molar-refractivity contribution in [3.63, 3.8) is 0 Å². The molecule has 0 unspecified atom stereocenters. The summed E-state index contributed by atoms with van der Waals surface area (Å²) in [6.07, 6.45) is 2.67. The second-order valence-electron chi connectivity index (χ2n) is 8.90. The van der Waals surface area contributed by atoms with Crippen LogP contribution in [0.1, 0.15) is 28.8 Å². The number of rotatable bonds is 7. The molecule has 1 atom stereocenters. The number of nitrogens with zero attached hydrogens (tertiary/aromatic N) is 2. The molecule has 0 saturated carbocycles. The second kappa shape index (κ2) is 10.6. The Balaban J connectivity index is 1.26. The van der Waals surface area contributed by atoms with Crippen LogP contribution in [0.25, 0.3) is 10.8 Å². The van der Waals surface area contributed by atoms with Crippen LogP contribution >= 0.6 is 11.6 Å². The highest BCUT2D eigenvalue weighted by Gasteiger charge is 2.23. The highest BCUT2D eigenvalue weighted by molar-refractivity contribution is 6.31. The number of aromatic nitrogens is 1. The van der Waals surface area contributed by atoms with Crippen LogP contribution in [0.5, 0.6) is 5.75 Å². The molecule has 1 amide bonds. The zero-order valence-electron chi connectivity index (χ0n) is 19.5. The van der Waals surface area contributed by atoms with Gasteiger partial charge in [-0.1, -0.05) is 35.9 Å². The van der Waals surface area contributed by atoms with Crippen molar-refractivity contribution in [2.45, 2.75) is 32.0 Å². The lowest BCUT2D eigenvalue weighted by Gasteiger charge is -2.33. The number of carbonyl (C=O) groups excluding carboxylic acids is 1. The predicted molar refractivity (Wildman–Crippen MR) is 134 cm³/mol. The number of amides is 1. The molecule has 0 aliphatic carbocycles. The first-order valence-corrected chi connectivity index (χ1v) is 11.9. The Labute approximate surface area is 203 Å². The standard InChI is InChI=1S/C26H30ClN3O4/c1-17-7-8-20(13-24(17)27)34-19-9-11-30(12-10-19)15-18(31)14-28-25(32)23-16-29(2)26(33)22-6-4-3-5-21(22)23/h3-8,13,16,18-19,31H,9-12,14-15H2,1-2H3,(H,28,32)/t18-/m1/s1. The van der Waals surface area contributed by atoms with Gasteiger partial charge in [0, 0.05) is 55.2 Å². The summed E-state index contributed by atoms with van der Waals surface area (Å²) in [6.45, 7) is 4.18. The zero-order chi connectivity index (χ0) is 24.2. The van der Waals surface area contributed by atoms with E-state index in [0.29, 0.717) is 27.9 Å². The van der Waals surface area contributed by atoms with Crippen molar-refractivity contribution >= 4 is 28.3 Å². The molecule has 4 rings (SSSR count). The zero-order valence-corrected chi connectivity index (χ0v) is 20.2. The number of benzene rings is 2. The number of aliphatic hydroxyl groups excluding tert-OH is 1. The number of nitrogens with one attached hydrogen (secondary N) is 1. The lowest BCUT2D eigenvalue weighted by Crippen LogP contribution is -2.45. The van der Waals surface area contributed by atoms with Crippen LogP contribution in [0.2, 0.25) is 5.02 Å². The van der Waals surface area contributed by atoms with Gasteiger partial charge < -0.3 is 24.6 Å². The molecular formula is C26H30ClN3O4. The molecule has 1 aliphatic rings. The van der Waals surface area contributed by atoms with Gasteiger partial charge in [-0.25, -0.2) is 0 Å². The minimum Gasteiger partial charge on any atom is -0.490 e. The Morgan fingerprint density at radius 1 is 1.21 bits per heavy atom. The largest absolute Gasteiger partial charge is 0.490 e. The third-order valence-corrected chi connectivity index (χ3v) is 6.69. The third kappa shape index (κ3) is 5.60. The summed E-state index contributed by atoms with van der Waals surface area (Å²) in [5, 5.41) is 15.1. The van der Waals surface area contributed by atoms with Crippen molar-refractivity contribution in [1.29, 1.82) is 0 Å². The smallest absolute Gasteiger partial charge is 0.258 e. The molecule has 1 saturated heterocycles. The van der Waals surface area contributed by atoms with E-state index in [0.717, 1.165) is 37.2 Å². The van der Waals surface area contributed by atoms with Crippen LogP contribution in [0, 0.1) is 6.92 Å². The maximum absolute atomic E-state index is 12.8. The molecule has 8 heteroatoms. The summed E-state index contributed by atoms with van der Waals surface area (Å²) in [6, 6.07) is 12.8. The predicted octanol–water partition coefficient (Wildman–Crippen LogP) is 3.13. The number of β-amino-alcohol motifs (C(OH)–C–C–N with tert-alkyl or cyclic N) is 1. The van der Waals surface area contributed by atoms with Crippen LogP contribution in [0.3, 0.4) is 0 Å². The fraction of sp³-hybridized carbons (Fsp3) is 0.385. The first-order chi connectivity index (χ1) is 16.3. The van der Waals surface area contributed by atoms with Gasteiger partial charge in [0.25, 0.3) is 11.5 Å². The van der Waals surface area contributed by atoms with Gasteiger partial charge in [-0.15, -0.1) is 0 Å². The van der Waals surface area contributed by atoms with Crippen LogP contribution < -0.4 is 15.6 Å². The second-order valence-corrected chi connectivity index (χ2v) is 9.30. The number of hydrogen-bond acceptors (Lipinski definition) is 5. The molecule has 1 fully saturated rings. The minimum atomic E-state index is -0.698. The number of ether oxygens (including phenoxy) is 1. The molecule has 2 aromatic carbocycles. The monoisotopic (exact) mass is 483 g/mol. The van der Waals surface area contributed by atoms with Crippen LogP contribution in [-0.4, -0.2) is 58.9 Å². The van der Waals surface area contributed by atoms with E-state index in [1.54, 1.807) is 37.5 Å². The third-order valence-electron chi connectivity index (χ3n) is 6.28. The number of pyridine rings is 1. The molecule has 0 bridgehead atoms. The molecular weight excluding hydrogens is 454 g/mol. The topological polar surface area (TPSA) is 83.8 Å². The highest BCUT2D eigenvalue weighted by Crippen LogP contribution is 2.25. The van der Waals surface area contributed by atoms with Crippen molar-refractivity contribution < 1.29 is 14.6 Å². The van der Waals surface area contributed by atoms with Crippen molar-refractivity contribution in [1.82, 2.24) is 14.8 Å². The fourth-order valence-corrected chi connectivity index (χ4v) is 4.49. The highest BCUT2D eigenvalue weighted by atomic mass is 35.5. The van der Waals surface area contributed by atoms with Gasteiger partial charge in [-0.05, 0) is 43.5 Å². The molecule has 2 N–H and O–H groups in total. The SMILES string of the molecule is Cc1ccc(OC2CCN(C[C@H](O)CNC(=O)c3cn(C)c(=O)c4ccccc34)CC2)cc1Cl. The molecule has 0 radical (unpaired) electrons. The number of halogens is 1. The van der Waals surface area contributed by atoms with Gasteiger partial charge in [0.2, 0.25) is 0 Å². The van der Waals surface area contributed by atoms with Crippen LogP contribution in [-0.2, 0) is 7.05 Å². The maximum atomic E-state index is 12.8. The Bertz CT molecular complexity index is 1230. The molecule has 7 nitrogen and oxygen atoms in total. The van der Waals surface area contributed by atoms with E-state index in [1.807, 2.05) is 25.1 Å². The summed E-state index contributed by atoms with van der Waals surface area (Å²) >= 11 is 6.19. The van der Waals surface area contributed by atoms with Crippen molar-refractivity contribution in [3.8, 4) is 5.75 Å². The number of carbonyl (C=O) groups is 1. The van der Waals surface area contributed by atoms with E-state index in [1.165, 1.54) is 4.57 Å². The lowest BCUT2D eigenvalue weighted by atomic mass is 10.1. The van der Waals surface area contributed by atoms with E-state index >= 15 is 0 Å². The number of aliphatic hydroxyl groups is 1. The normalized spacial score (nSPS) is 15.9. The molecule has 1 aromatic heterocycles. The van der Waals surface area contributed by atoms with Crippen LogP contribution in [0.15, 0.2) is 53.5 Å². The van der Waals surface area contributed by atoms with E-state index in [9.17, 15) is 14.7 Å². The number of hydrogen-bond donors (Lipinski definition) is 2. The van der Waals surface area contributed by atoms with Gasteiger partial charge in [-0.2, -0.15) is 0 Å². The van der Waals surface area contributed by atoms with Crippen molar-refractivity contribution in [2.75, 3.05) is 26.2 Å². The van der Waals surface area contributed by atoms with E-state index in [4.69, 9.17) is 16.3 Å². The van der Waals surface area contributed by atoms with Gasteiger partial charge in [0.15, 0.2) is 0 Å². The maximum Gasteiger partial charge on any atom is 0.258 e.